The number of rotatable bonds is 6. The van der Waals surface area contributed by atoms with E-state index in [1.54, 1.807) is 0 Å². The van der Waals surface area contributed by atoms with Crippen molar-refractivity contribution in [2.45, 2.75) is 32.4 Å². The summed E-state index contributed by atoms with van der Waals surface area (Å²) in [5, 5.41) is 5.29. The second kappa shape index (κ2) is 5.88. The Morgan fingerprint density at radius 2 is 2.11 bits per heavy atom. The Hall–Kier alpha value is -0.140. The van der Waals surface area contributed by atoms with Crippen molar-refractivity contribution < 1.29 is 8.42 Å². The fourth-order valence-electron chi connectivity index (χ4n) is 1.61. The molecule has 0 aliphatic heterocycles. The third kappa shape index (κ3) is 5.67. The molecular formula is C11H19ClN2O2S2. The molecule has 1 unspecified atom stereocenters. The topological polar surface area (TPSA) is 58.2 Å². The maximum absolute atomic E-state index is 11.2. The second-order valence-corrected chi connectivity index (χ2v) is 8.34. The van der Waals surface area contributed by atoms with Crippen molar-refractivity contribution in [2.75, 3.05) is 12.8 Å². The number of sulfonamides is 1. The van der Waals surface area contributed by atoms with Crippen molar-refractivity contribution in [3.8, 4) is 0 Å². The monoisotopic (exact) mass is 310 g/mol. The summed E-state index contributed by atoms with van der Waals surface area (Å²) < 4.78 is 25.8. The van der Waals surface area contributed by atoms with Gasteiger partial charge in [-0.1, -0.05) is 11.6 Å². The van der Waals surface area contributed by atoms with Crippen LogP contribution in [0.1, 0.15) is 32.4 Å². The van der Waals surface area contributed by atoms with Crippen molar-refractivity contribution in [3.63, 3.8) is 0 Å². The lowest BCUT2D eigenvalue weighted by atomic mass is 10.1. The summed E-state index contributed by atoms with van der Waals surface area (Å²) in [6, 6.07) is 2.05. The molecule has 1 rings (SSSR count). The molecule has 1 atom stereocenters. The van der Waals surface area contributed by atoms with E-state index in [1.165, 1.54) is 11.3 Å². The minimum atomic E-state index is -3.20. The molecule has 0 fully saturated rings. The number of thiophene rings is 1. The Morgan fingerprint density at radius 1 is 1.50 bits per heavy atom. The van der Waals surface area contributed by atoms with Gasteiger partial charge in [-0.05, 0) is 37.8 Å². The molecule has 1 heterocycles. The number of halogens is 1. The maximum atomic E-state index is 11.2. The lowest BCUT2D eigenvalue weighted by molar-refractivity contribution is 0.399. The molecule has 0 aliphatic carbocycles. The highest BCUT2D eigenvalue weighted by Gasteiger charge is 2.22. The van der Waals surface area contributed by atoms with Crippen molar-refractivity contribution >= 4 is 33.0 Å². The molecule has 0 aliphatic rings. The molecule has 2 N–H and O–H groups in total. The Bertz CT molecular complexity index is 497. The molecule has 0 amide bonds. The standard InChI is InChI=1S/C11H19ClN2O2S2/c1-8(9-5-10(12)17-6-9)13-7-11(2,3)14-18(4,15)16/h5-6,8,13-14H,7H2,1-4H3. The summed E-state index contributed by atoms with van der Waals surface area (Å²) in [6.07, 6.45) is 1.16. The van der Waals surface area contributed by atoms with E-state index >= 15 is 0 Å². The van der Waals surface area contributed by atoms with Crippen LogP contribution >= 0.6 is 22.9 Å². The van der Waals surface area contributed by atoms with Gasteiger partial charge in [0.15, 0.2) is 0 Å². The molecule has 104 valence electrons. The van der Waals surface area contributed by atoms with Gasteiger partial charge >= 0.3 is 0 Å². The summed E-state index contributed by atoms with van der Waals surface area (Å²) in [5.74, 6) is 0. The summed E-state index contributed by atoms with van der Waals surface area (Å²) in [6.45, 7) is 6.24. The first-order valence-corrected chi connectivity index (χ1v) is 8.70. The van der Waals surface area contributed by atoms with E-state index in [0.717, 1.165) is 16.2 Å². The van der Waals surface area contributed by atoms with Crippen molar-refractivity contribution in [2.24, 2.45) is 0 Å². The minimum absolute atomic E-state index is 0.134. The number of hydrogen-bond acceptors (Lipinski definition) is 4. The molecule has 0 bridgehead atoms. The highest BCUT2D eigenvalue weighted by Crippen LogP contribution is 2.24. The predicted octanol–water partition coefficient (Wildman–Crippen LogP) is 2.38. The van der Waals surface area contributed by atoms with Crippen LogP contribution in [0.4, 0.5) is 0 Å². The normalized spacial score (nSPS) is 14.7. The van der Waals surface area contributed by atoms with Gasteiger partial charge in [0.25, 0.3) is 0 Å². The molecule has 0 radical (unpaired) electrons. The van der Waals surface area contributed by atoms with Crippen LogP contribution < -0.4 is 10.0 Å². The number of nitrogens with one attached hydrogen (secondary N) is 2. The Kier molecular flexibility index (Phi) is 5.20. The zero-order valence-corrected chi connectivity index (χ0v) is 13.3. The average molecular weight is 311 g/mol. The van der Waals surface area contributed by atoms with Crippen molar-refractivity contribution in [1.29, 1.82) is 0 Å². The molecule has 4 nitrogen and oxygen atoms in total. The lowest BCUT2D eigenvalue weighted by Crippen LogP contribution is -2.50. The van der Waals surface area contributed by atoms with Gasteiger partial charge in [-0.3, -0.25) is 0 Å². The smallest absolute Gasteiger partial charge is 0.209 e. The molecule has 0 aromatic carbocycles. The summed E-state index contributed by atoms with van der Waals surface area (Å²) >= 11 is 7.37. The largest absolute Gasteiger partial charge is 0.308 e. The average Bonchev–Trinajstić information content (AvgIpc) is 2.57. The Labute approximate surface area is 118 Å². The maximum Gasteiger partial charge on any atom is 0.209 e. The van der Waals surface area contributed by atoms with Gasteiger partial charge in [0.05, 0.1) is 10.6 Å². The molecule has 0 saturated heterocycles. The van der Waals surface area contributed by atoms with Crippen LogP contribution in [0.3, 0.4) is 0 Å². The molecule has 1 aromatic heterocycles. The molecule has 1 aromatic rings. The molecule has 0 saturated carbocycles. The first-order chi connectivity index (χ1) is 8.09. The van der Waals surface area contributed by atoms with E-state index < -0.39 is 15.6 Å². The van der Waals surface area contributed by atoms with E-state index in [1.807, 2.05) is 32.2 Å². The fourth-order valence-corrected chi connectivity index (χ4v) is 3.68. The first kappa shape index (κ1) is 15.9. The molecule has 7 heteroatoms. The highest BCUT2D eigenvalue weighted by molar-refractivity contribution is 7.88. The Balaban J connectivity index is 2.54. The van der Waals surface area contributed by atoms with Gasteiger partial charge < -0.3 is 5.32 Å². The minimum Gasteiger partial charge on any atom is -0.308 e. The van der Waals surface area contributed by atoms with Crippen LogP contribution in [0.15, 0.2) is 11.4 Å². The van der Waals surface area contributed by atoms with E-state index in [0.29, 0.717) is 6.54 Å². The zero-order valence-electron chi connectivity index (χ0n) is 11.0. The first-order valence-electron chi connectivity index (χ1n) is 5.55. The quantitative estimate of drug-likeness (QED) is 0.848. The second-order valence-electron chi connectivity index (χ2n) is 5.04. The molecular weight excluding hydrogens is 292 g/mol. The summed E-state index contributed by atoms with van der Waals surface area (Å²) in [7, 11) is -3.20. The van der Waals surface area contributed by atoms with Gasteiger partial charge in [0, 0.05) is 18.1 Å². The van der Waals surface area contributed by atoms with Gasteiger partial charge in [-0.2, -0.15) is 0 Å². The van der Waals surface area contributed by atoms with E-state index in [-0.39, 0.29) is 6.04 Å². The summed E-state index contributed by atoms with van der Waals surface area (Å²) in [5.41, 5.74) is 0.585. The predicted molar refractivity (Wildman–Crippen MR) is 77.8 cm³/mol. The third-order valence-corrected chi connectivity index (χ3v) is 4.43. The van der Waals surface area contributed by atoms with Gasteiger partial charge in [-0.25, -0.2) is 13.1 Å². The SMILES string of the molecule is CC(NCC(C)(C)NS(C)(=O)=O)c1csc(Cl)c1. The Morgan fingerprint density at radius 3 is 2.56 bits per heavy atom. The van der Waals surface area contributed by atoms with Crippen LogP contribution in [0.25, 0.3) is 0 Å². The van der Waals surface area contributed by atoms with Crippen LogP contribution in [-0.2, 0) is 10.0 Å². The van der Waals surface area contributed by atoms with Crippen molar-refractivity contribution in [3.05, 3.63) is 21.3 Å². The van der Waals surface area contributed by atoms with Crippen LogP contribution in [0.5, 0.6) is 0 Å². The van der Waals surface area contributed by atoms with E-state index in [4.69, 9.17) is 11.6 Å². The molecule has 0 spiro atoms. The van der Waals surface area contributed by atoms with Crippen LogP contribution in [0.2, 0.25) is 4.34 Å². The van der Waals surface area contributed by atoms with E-state index in [9.17, 15) is 8.42 Å². The van der Waals surface area contributed by atoms with E-state index in [2.05, 4.69) is 10.0 Å². The van der Waals surface area contributed by atoms with Gasteiger partial charge in [0.1, 0.15) is 0 Å². The lowest BCUT2D eigenvalue weighted by Gasteiger charge is -2.27. The third-order valence-electron chi connectivity index (χ3n) is 2.40. The van der Waals surface area contributed by atoms with Crippen LogP contribution in [-0.4, -0.2) is 26.8 Å². The van der Waals surface area contributed by atoms with Crippen molar-refractivity contribution in [1.82, 2.24) is 10.0 Å². The van der Waals surface area contributed by atoms with Gasteiger partial charge in [0.2, 0.25) is 10.0 Å². The summed E-state index contributed by atoms with van der Waals surface area (Å²) in [4.78, 5) is 0. The van der Waals surface area contributed by atoms with Gasteiger partial charge in [-0.15, -0.1) is 11.3 Å². The molecule has 18 heavy (non-hydrogen) atoms. The zero-order chi connectivity index (χ0) is 14.0. The number of hydrogen-bond donors (Lipinski definition) is 2. The van der Waals surface area contributed by atoms with Crippen LogP contribution in [0, 0.1) is 0 Å². The fraction of sp³-hybridized carbons (Fsp3) is 0.636. The highest BCUT2D eigenvalue weighted by atomic mass is 35.5.